The van der Waals surface area contributed by atoms with Crippen LogP contribution in [0.4, 0.5) is 0 Å². The Bertz CT molecular complexity index is 536. The van der Waals surface area contributed by atoms with Gasteiger partial charge in [-0.1, -0.05) is 6.92 Å². The number of rotatable bonds is 4. The summed E-state index contributed by atoms with van der Waals surface area (Å²) in [6.45, 7) is 8.04. The number of hydrogen-bond donors (Lipinski definition) is 2. The summed E-state index contributed by atoms with van der Waals surface area (Å²) < 4.78 is 0. The van der Waals surface area contributed by atoms with Crippen LogP contribution < -0.4 is 11.1 Å². The van der Waals surface area contributed by atoms with Crippen LogP contribution in [0.3, 0.4) is 0 Å². The highest BCUT2D eigenvalue weighted by molar-refractivity contribution is 5.96. The van der Waals surface area contributed by atoms with Crippen LogP contribution in [-0.4, -0.2) is 29.6 Å². The molecule has 3 rings (SSSR count). The van der Waals surface area contributed by atoms with Crippen molar-refractivity contribution in [3.63, 3.8) is 0 Å². The molecule has 0 aromatic rings. The molecule has 2 fully saturated rings. The van der Waals surface area contributed by atoms with Gasteiger partial charge in [0.15, 0.2) is 5.84 Å². The minimum atomic E-state index is 0.346. The second-order valence-corrected chi connectivity index (χ2v) is 7.03. The first kappa shape index (κ1) is 16.2. The predicted molar refractivity (Wildman–Crippen MR) is 95.9 cm³/mol. The van der Waals surface area contributed by atoms with Crippen LogP contribution in [-0.2, 0) is 0 Å². The van der Waals surface area contributed by atoms with E-state index in [1.54, 1.807) is 0 Å². The van der Waals surface area contributed by atoms with Gasteiger partial charge in [0.2, 0.25) is 0 Å². The minimum absolute atomic E-state index is 0.346. The van der Waals surface area contributed by atoms with E-state index in [1.165, 1.54) is 18.5 Å². The van der Waals surface area contributed by atoms with Crippen LogP contribution in [0.15, 0.2) is 33.8 Å². The standard InChI is InChI=1S/C18H29N5/c1-4-17-22-16(12(2)13-5-6-13)11-18(23(17)20-3)21-15-9-7-14(19)8-10-15/h4,11-15,22H,3,5-10,19H2,1-2H3/b17-4-,21-18?. The lowest BCUT2D eigenvalue weighted by Crippen LogP contribution is -2.39. The largest absolute Gasteiger partial charge is 0.344 e. The number of amidine groups is 1. The van der Waals surface area contributed by atoms with E-state index in [0.717, 1.165) is 43.3 Å². The Labute approximate surface area is 139 Å². The lowest BCUT2D eigenvalue weighted by Gasteiger charge is -2.32. The highest BCUT2D eigenvalue weighted by Crippen LogP contribution is 2.40. The zero-order valence-electron chi connectivity index (χ0n) is 14.3. The average molecular weight is 315 g/mol. The van der Waals surface area contributed by atoms with Gasteiger partial charge in [0.25, 0.3) is 0 Å². The lowest BCUT2D eigenvalue weighted by atomic mass is 9.92. The molecule has 2 aliphatic carbocycles. The average Bonchev–Trinajstić information content (AvgIpc) is 3.40. The highest BCUT2D eigenvalue weighted by atomic mass is 15.5. The molecule has 0 amide bonds. The maximum Gasteiger partial charge on any atom is 0.153 e. The molecule has 0 radical (unpaired) electrons. The normalized spacial score (nSPS) is 33.3. The van der Waals surface area contributed by atoms with E-state index in [-0.39, 0.29) is 0 Å². The zero-order chi connectivity index (χ0) is 16.4. The molecule has 0 bridgehead atoms. The number of hydrogen-bond acceptors (Lipinski definition) is 4. The van der Waals surface area contributed by atoms with Crippen molar-refractivity contribution in [2.75, 3.05) is 0 Å². The summed E-state index contributed by atoms with van der Waals surface area (Å²) in [6.07, 6.45) is 11.1. The summed E-state index contributed by atoms with van der Waals surface area (Å²) in [7, 11) is 0. The van der Waals surface area contributed by atoms with Gasteiger partial charge in [-0.15, -0.1) is 0 Å². The number of nitrogens with two attached hydrogens (primary N) is 1. The fourth-order valence-electron chi connectivity index (χ4n) is 3.51. The summed E-state index contributed by atoms with van der Waals surface area (Å²) in [4.78, 5) is 4.99. The maximum absolute atomic E-state index is 6.01. The van der Waals surface area contributed by atoms with Gasteiger partial charge in [-0.25, -0.2) is 5.01 Å². The molecule has 5 heteroatoms. The molecule has 1 unspecified atom stereocenters. The molecule has 126 valence electrons. The van der Waals surface area contributed by atoms with E-state index >= 15 is 0 Å². The molecule has 0 aromatic carbocycles. The second-order valence-electron chi connectivity index (χ2n) is 7.03. The van der Waals surface area contributed by atoms with E-state index in [4.69, 9.17) is 10.7 Å². The van der Waals surface area contributed by atoms with Crippen molar-refractivity contribution < 1.29 is 0 Å². The Morgan fingerprint density at radius 2 is 2.00 bits per heavy atom. The fourth-order valence-corrected chi connectivity index (χ4v) is 3.51. The third kappa shape index (κ3) is 3.66. The predicted octanol–water partition coefficient (Wildman–Crippen LogP) is 2.97. The van der Waals surface area contributed by atoms with Gasteiger partial charge in [-0.05, 0) is 63.4 Å². The van der Waals surface area contributed by atoms with Crippen molar-refractivity contribution in [1.29, 1.82) is 0 Å². The Morgan fingerprint density at radius 3 is 2.57 bits per heavy atom. The zero-order valence-corrected chi connectivity index (χ0v) is 14.3. The van der Waals surface area contributed by atoms with E-state index in [9.17, 15) is 0 Å². The van der Waals surface area contributed by atoms with Gasteiger partial charge in [-0.3, -0.25) is 4.99 Å². The number of aliphatic imine (C=N–C) groups is 1. The molecule has 1 atom stereocenters. The topological polar surface area (TPSA) is 66.0 Å². The molecule has 3 aliphatic rings. The van der Waals surface area contributed by atoms with E-state index < -0.39 is 0 Å². The van der Waals surface area contributed by atoms with Gasteiger partial charge in [0.1, 0.15) is 5.82 Å². The van der Waals surface area contributed by atoms with Crippen LogP contribution >= 0.6 is 0 Å². The van der Waals surface area contributed by atoms with Crippen molar-refractivity contribution in [2.24, 2.45) is 27.7 Å². The SMILES string of the molecule is C=NN1C(=NC2CCC(N)CC2)C=C(C(C)C2CC2)N/C1=C/C. The highest BCUT2D eigenvalue weighted by Gasteiger charge is 2.33. The molecule has 1 aliphatic heterocycles. The van der Waals surface area contributed by atoms with Gasteiger partial charge in [0.05, 0.1) is 6.04 Å². The van der Waals surface area contributed by atoms with Crippen LogP contribution in [0.1, 0.15) is 52.4 Å². The van der Waals surface area contributed by atoms with Crippen LogP contribution in [0.5, 0.6) is 0 Å². The smallest absolute Gasteiger partial charge is 0.153 e. The summed E-state index contributed by atoms with van der Waals surface area (Å²) in [5.74, 6) is 3.22. The monoisotopic (exact) mass is 315 g/mol. The maximum atomic E-state index is 6.01. The third-order valence-electron chi connectivity index (χ3n) is 5.29. The lowest BCUT2D eigenvalue weighted by molar-refractivity contribution is 0.389. The molecule has 3 N–H and O–H groups in total. The Morgan fingerprint density at radius 1 is 1.30 bits per heavy atom. The van der Waals surface area contributed by atoms with E-state index in [1.807, 2.05) is 18.0 Å². The Hall–Kier alpha value is -1.62. The Kier molecular flexibility index (Phi) is 4.85. The molecule has 0 aromatic heterocycles. The van der Waals surface area contributed by atoms with Gasteiger partial charge >= 0.3 is 0 Å². The molecule has 23 heavy (non-hydrogen) atoms. The van der Waals surface area contributed by atoms with E-state index in [2.05, 4.69) is 30.1 Å². The summed E-state index contributed by atoms with van der Waals surface area (Å²) in [5, 5.41) is 9.50. The van der Waals surface area contributed by atoms with Crippen LogP contribution in [0, 0.1) is 11.8 Å². The quantitative estimate of drug-likeness (QED) is 0.784. The molecule has 5 nitrogen and oxygen atoms in total. The molecule has 1 heterocycles. The number of nitrogens with zero attached hydrogens (tertiary/aromatic N) is 3. The van der Waals surface area contributed by atoms with Crippen molar-refractivity contribution in [3.05, 3.63) is 23.7 Å². The van der Waals surface area contributed by atoms with Crippen LogP contribution in [0.2, 0.25) is 0 Å². The first-order chi connectivity index (χ1) is 11.1. The first-order valence-electron chi connectivity index (χ1n) is 8.87. The number of hydrazone groups is 1. The molecular weight excluding hydrogens is 286 g/mol. The minimum Gasteiger partial charge on any atom is -0.344 e. The summed E-state index contributed by atoms with van der Waals surface area (Å²) in [6, 6.07) is 0.694. The van der Waals surface area contributed by atoms with Crippen molar-refractivity contribution in [1.82, 2.24) is 10.3 Å². The number of nitrogens with one attached hydrogen (secondary N) is 1. The van der Waals surface area contributed by atoms with Gasteiger partial charge in [0, 0.05) is 24.5 Å². The molecule has 0 saturated heterocycles. The Balaban J connectivity index is 1.86. The van der Waals surface area contributed by atoms with Crippen molar-refractivity contribution >= 4 is 12.6 Å². The molecule has 2 saturated carbocycles. The first-order valence-corrected chi connectivity index (χ1v) is 8.87. The molecule has 0 spiro atoms. The third-order valence-corrected chi connectivity index (χ3v) is 5.29. The number of allylic oxidation sites excluding steroid dienone is 2. The second kappa shape index (κ2) is 6.87. The van der Waals surface area contributed by atoms with E-state index in [0.29, 0.717) is 18.0 Å². The fraction of sp³-hybridized carbons (Fsp3) is 0.667. The van der Waals surface area contributed by atoms with Crippen molar-refractivity contribution in [3.8, 4) is 0 Å². The van der Waals surface area contributed by atoms with Gasteiger partial charge in [-0.2, -0.15) is 5.10 Å². The summed E-state index contributed by atoms with van der Waals surface area (Å²) in [5.41, 5.74) is 7.27. The van der Waals surface area contributed by atoms with Crippen LogP contribution in [0.25, 0.3) is 0 Å². The summed E-state index contributed by atoms with van der Waals surface area (Å²) >= 11 is 0. The van der Waals surface area contributed by atoms with Gasteiger partial charge < -0.3 is 11.1 Å². The molecular formula is C18H29N5. The van der Waals surface area contributed by atoms with Crippen molar-refractivity contribution in [2.45, 2.75) is 64.5 Å².